The molecule has 0 radical (unpaired) electrons. The molecule has 5 nitrogen and oxygen atoms in total. The second kappa shape index (κ2) is 5.69. The number of aryl methyl sites for hydroxylation is 2. The normalized spacial score (nSPS) is 12.2. The Morgan fingerprint density at radius 3 is 2.67 bits per heavy atom. The zero-order valence-electron chi connectivity index (χ0n) is 11.9. The number of nitrogens with one attached hydrogen (secondary N) is 1. The van der Waals surface area contributed by atoms with Crippen molar-refractivity contribution >= 4 is 28.7 Å². The number of anilines is 2. The minimum atomic E-state index is -1.19. The van der Waals surface area contributed by atoms with Crippen LogP contribution in [0.2, 0.25) is 0 Å². The number of benzene rings is 1. The molecule has 1 unspecified atom stereocenters. The molecule has 0 bridgehead atoms. The second-order valence-electron chi connectivity index (χ2n) is 4.77. The maximum Gasteiger partial charge on any atom is 0.337 e. The summed E-state index contributed by atoms with van der Waals surface area (Å²) in [6, 6.07) is 2.05. The number of halogens is 1. The molecule has 0 saturated heterocycles. The fourth-order valence-electron chi connectivity index (χ4n) is 2.13. The summed E-state index contributed by atoms with van der Waals surface area (Å²) in [6.07, 6.45) is 0. The molecule has 0 fully saturated rings. The molecule has 0 aliphatic rings. The van der Waals surface area contributed by atoms with E-state index in [0.717, 1.165) is 21.6 Å². The number of nitrogen functional groups attached to an aromatic ring is 1. The summed E-state index contributed by atoms with van der Waals surface area (Å²) < 4.78 is 13.9. The molecule has 0 saturated carbocycles. The van der Waals surface area contributed by atoms with Gasteiger partial charge in [-0.1, -0.05) is 0 Å². The zero-order chi connectivity index (χ0) is 15.7. The number of thiazole rings is 1. The molecule has 21 heavy (non-hydrogen) atoms. The third-order valence-corrected chi connectivity index (χ3v) is 4.33. The minimum Gasteiger partial charge on any atom is -0.478 e. The summed E-state index contributed by atoms with van der Waals surface area (Å²) in [5.41, 5.74) is 6.28. The van der Waals surface area contributed by atoms with Crippen molar-refractivity contribution in [3.05, 3.63) is 39.1 Å². The van der Waals surface area contributed by atoms with Gasteiger partial charge in [-0.05, 0) is 32.9 Å². The van der Waals surface area contributed by atoms with Crippen LogP contribution in [0.25, 0.3) is 0 Å². The Bertz CT molecular complexity index is 700. The van der Waals surface area contributed by atoms with E-state index in [-0.39, 0.29) is 23.0 Å². The van der Waals surface area contributed by atoms with Gasteiger partial charge in [-0.3, -0.25) is 0 Å². The van der Waals surface area contributed by atoms with Crippen molar-refractivity contribution in [1.82, 2.24) is 4.98 Å². The number of carbonyl (C=O) groups is 1. The van der Waals surface area contributed by atoms with Crippen LogP contribution in [0.15, 0.2) is 12.1 Å². The van der Waals surface area contributed by atoms with Crippen LogP contribution in [-0.2, 0) is 0 Å². The first-order valence-corrected chi connectivity index (χ1v) is 7.14. The zero-order valence-corrected chi connectivity index (χ0v) is 12.7. The van der Waals surface area contributed by atoms with Gasteiger partial charge in [-0.25, -0.2) is 14.2 Å². The number of rotatable bonds is 4. The Labute approximate surface area is 125 Å². The molecular weight excluding hydrogens is 293 g/mol. The number of hydrogen-bond donors (Lipinski definition) is 3. The number of carboxylic acid groups (broad SMARTS) is 1. The van der Waals surface area contributed by atoms with Crippen molar-refractivity contribution in [3.63, 3.8) is 0 Å². The van der Waals surface area contributed by atoms with Crippen molar-refractivity contribution < 1.29 is 14.3 Å². The van der Waals surface area contributed by atoms with Crippen molar-refractivity contribution in [2.45, 2.75) is 26.8 Å². The van der Waals surface area contributed by atoms with Crippen LogP contribution in [0.4, 0.5) is 15.8 Å². The van der Waals surface area contributed by atoms with E-state index in [0.29, 0.717) is 0 Å². The van der Waals surface area contributed by atoms with Gasteiger partial charge in [0, 0.05) is 10.6 Å². The Morgan fingerprint density at radius 1 is 1.48 bits per heavy atom. The summed E-state index contributed by atoms with van der Waals surface area (Å²) in [5.74, 6) is -1.77. The first-order chi connectivity index (χ1) is 9.79. The highest BCUT2D eigenvalue weighted by atomic mass is 32.1. The quantitative estimate of drug-likeness (QED) is 0.754. The van der Waals surface area contributed by atoms with Gasteiger partial charge in [0.25, 0.3) is 0 Å². The number of carboxylic acids is 1. The van der Waals surface area contributed by atoms with Crippen LogP contribution in [0, 0.1) is 19.7 Å². The van der Waals surface area contributed by atoms with E-state index >= 15 is 0 Å². The van der Waals surface area contributed by atoms with Gasteiger partial charge in [-0.2, -0.15) is 0 Å². The van der Waals surface area contributed by atoms with Gasteiger partial charge < -0.3 is 16.2 Å². The SMILES string of the molecule is Cc1nc(C)c(C(C)Nc2cc(C(=O)O)c(N)cc2F)s1. The summed E-state index contributed by atoms with van der Waals surface area (Å²) >= 11 is 1.52. The van der Waals surface area contributed by atoms with Crippen LogP contribution in [0.3, 0.4) is 0 Å². The van der Waals surface area contributed by atoms with Gasteiger partial charge in [0.2, 0.25) is 0 Å². The number of aromatic nitrogens is 1. The lowest BCUT2D eigenvalue weighted by atomic mass is 10.1. The highest BCUT2D eigenvalue weighted by Crippen LogP contribution is 2.30. The molecule has 0 amide bonds. The van der Waals surface area contributed by atoms with Crippen molar-refractivity contribution in [1.29, 1.82) is 0 Å². The molecular formula is C14H16FN3O2S. The molecule has 1 aromatic heterocycles. The van der Waals surface area contributed by atoms with Gasteiger partial charge in [-0.15, -0.1) is 11.3 Å². The third-order valence-electron chi connectivity index (χ3n) is 3.07. The molecule has 7 heteroatoms. The van der Waals surface area contributed by atoms with Gasteiger partial charge in [0.05, 0.1) is 28.0 Å². The number of hydrogen-bond acceptors (Lipinski definition) is 5. The van der Waals surface area contributed by atoms with Crippen molar-refractivity contribution in [3.8, 4) is 0 Å². The smallest absolute Gasteiger partial charge is 0.337 e. The lowest BCUT2D eigenvalue weighted by molar-refractivity contribution is 0.0698. The fraction of sp³-hybridized carbons (Fsp3) is 0.286. The van der Waals surface area contributed by atoms with Crippen LogP contribution >= 0.6 is 11.3 Å². The molecule has 2 aromatic rings. The molecule has 1 aromatic carbocycles. The third kappa shape index (κ3) is 3.13. The Morgan fingerprint density at radius 2 is 2.14 bits per heavy atom. The number of aromatic carboxylic acids is 1. The molecule has 4 N–H and O–H groups in total. The Balaban J connectivity index is 2.33. The molecule has 112 valence electrons. The first-order valence-electron chi connectivity index (χ1n) is 6.32. The lowest BCUT2D eigenvalue weighted by Crippen LogP contribution is -2.10. The fourth-order valence-corrected chi connectivity index (χ4v) is 3.06. The lowest BCUT2D eigenvalue weighted by Gasteiger charge is -2.16. The molecule has 0 aliphatic carbocycles. The predicted molar refractivity (Wildman–Crippen MR) is 81.4 cm³/mol. The number of nitrogens with two attached hydrogens (primary N) is 1. The minimum absolute atomic E-state index is 0.0944. The van der Waals surface area contributed by atoms with E-state index in [1.165, 1.54) is 17.4 Å². The summed E-state index contributed by atoms with van der Waals surface area (Å²) in [5, 5.41) is 13.0. The van der Waals surface area contributed by atoms with Crippen molar-refractivity contribution in [2.24, 2.45) is 0 Å². The maximum atomic E-state index is 13.9. The van der Waals surface area contributed by atoms with E-state index in [1.807, 2.05) is 20.8 Å². The monoisotopic (exact) mass is 309 g/mol. The average molecular weight is 309 g/mol. The topological polar surface area (TPSA) is 88.2 Å². The van der Waals surface area contributed by atoms with Gasteiger partial charge >= 0.3 is 5.97 Å². The number of nitrogens with zero attached hydrogens (tertiary/aromatic N) is 1. The molecule has 1 heterocycles. The first kappa shape index (κ1) is 15.2. The van der Waals surface area contributed by atoms with E-state index in [2.05, 4.69) is 10.3 Å². The highest BCUT2D eigenvalue weighted by Gasteiger charge is 2.17. The van der Waals surface area contributed by atoms with Crippen LogP contribution < -0.4 is 11.1 Å². The van der Waals surface area contributed by atoms with Gasteiger partial charge in [0.15, 0.2) is 0 Å². The molecule has 0 aliphatic heterocycles. The molecule has 2 rings (SSSR count). The van der Waals surface area contributed by atoms with Crippen LogP contribution in [0.5, 0.6) is 0 Å². The van der Waals surface area contributed by atoms with E-state index in [4.69, 9.17) is 10.8 Å². The van der Waals surface area contributed by atoms with E-state index in [1.54, 1.807) is 0 Å². The average Bonchev–Trinajstić information content (AvgIpc) is 2.71. The van der Waals surface area contributed by atoms with E-state index in [9.17, 15) is 9.18 Å². The van der Waals surface area contributed by atoms with Crippen LogP contribution in [-0.4, -0.2) is 16.1 Å². The molecule has 0 spiro atoms. The van der Waals surface area contributed by atoms with Gasteiger partial charge in [0.1, 0.15) is 5.82 Å². The Kier molecular flexibility index (Phi) is 4.13. The summed E-state index contributed by atoms with van der Waals surface area (Å²) in [6.45, 7) is 5.66. The Hall–Kier alpha value is -2.15. The molecule has 1 atom stereocenters. The second-order valence-corrected chi connectivity index (χ2v) is 6.01. The predicted octanol–water partition coefficient (Wildman–Crippen LogP) is 3.35. The standard InChI is InChI=1S/C14H16FN3O2S/c1-6-13(21-8(3)17-6)7(2)18-12-4-9(14(19)20)11(16)5-10(12)15/h4-5,7,18H,16H2,1-3H3,(H,19,20). The highest BCUT2D eigenvalue weighted by molar-refractivity contribution is 7.11. The summed E-state index contributed by atoms with van der Waals surface area (Å²) in [4.78, 5) is 16.4. The summed E-state index contributed by atoms with van der Waals surface area (Å²) in [7, 11) is 0. The van der Waals surface area contributed by atoms with Crippen molar-refractivity contribution in [2.75, 3.05) is 11.1 Å². The maximum absolute atomic E-state index is 13.9. The largest absolute Gasteiger partial charge is 0.478 e. The van der Waals surface area contributed by atoms with Crippen LogP contribution in [0.1, 0.15) is 38.9 Å². The van der Waals surface area contributed by atoms with E-state index < -0.39 is 11.8 Å².